The Labute approximate surface area is 211 Å². The molecule has 0 aliphatic carbocycles. The number of carbonyl (C=O) groups excluding carboxylic acids is 1. The minimum atomic E-state index is -4.43. The minimum absolute atomic E-state index is 0.0154. The highest BCUT2D eigenvalue weighted by atomic mass is 19.4. The summed E-state index contributed by atoms with van der Waals surface area (Å²) in [4.78, 5) is 27.1. The molecule has 0 saturated carbocycles. The highest BCUT2D eigenvalue weighted by molar-refractivity contribution is 5.68. The number of likely N-dealkylation sites (tertiary alicyclic amines) is 1. The summed E-state index contributed by atoms with van der Waals surface area (Å²) < 4.78 is 53.1. The number of hydrogen-bond donors (Lipinski definition) is 0. The second-order valence-corrected chi connectivity index (χ2v) is 9.90. The Bertz CT molecular complexity index is 1310. The number of amides is 1. The zero-order chi connectivity index (χ0) is 27.0. The summed E-state index contributed by atoms with van der Waals surface area (Å²) in [6.45, 7) is 5.46. The first-order valence-corrected chi connectivity index (χ1v) is 11.6. The predicted octanol–water partition coefficient (Wildman–Crippen LogP) is 4.04. The number of aryl methyl sites for hydroxylation is 1. The lowest BCUT2D eigenvalue weighted by molar-refractivity contribution is -0.137. The van der Waals surface area contributed by atoms with Crippen LogP contribution in [0.3, 0.4) is 0 Å². The summed E-state index contributed by atoms with van der Waals surface area (Å²) in [6.07, 6.45) is -2.27. The van der Waals surface area contributed by atoms with Crippen molar-refractivity contribution < 1.29 is 27.4 Å². The van der Waals surface area contributed by atoms with Crippen LogP contribution in [-0.4, -0.2) is 55.3 Å². The minimum Gasteiger partial charge on any atom is -0.444 e. The fraction of sp³-hybridized carbons (Fsp3) is 0.440. The SMILES string of the molecule is Cn1cc(-c2ccc(=O)n(C3CN(C(=O)OC(C)(C)C)CC3OCc3ccc(C(F)(F)F)cc3)n2)cn1. The molecule has 0 spiro atoms. The molecule has 12 heteroatoms. The van der Waals surface area contributed by atoms with E-state index in [2.05, 4.69) is 10.2 Å². The average Bonchev–Trinajstić information content (AvgIpc) is 3.43. The van der Waals surface area contributed by atoms with Crippen molar-refractivity contribution in [1.29, 1.82) is 0 Å². The number of ether oxygens (including phenoxy) is 2. The van der Waals surface area contributed by atoms with Crippen LogP contribution in [0.2, 0.25) is 0 Å². The molecule has 3 aromatic rings. The molecule has 1 fully saturated rings. The van der Waals surface area contributed by atoms with Gasteiger partial charge in [0.05, 0.1) is 36.7 Å². The van der Waals surface area contributed by atoms with Gasteiger partial charge in [0.25, 0.3) is 5.56 Å². The molecule has 2 aromatic heterocycles. The van der Waals surface area contributed by atoms with Crippen LogP contribution in [0.4, 0.5) is 18.0 Å². The Kier molecular flexibility index (Phi) is 7.13. The van der Waals surface area contributed by atoms with E-state index in [1.807, 2.05) is 0 Å². The van der Waals surface area contributed by atoms with Crippen molar-refractivity contribution in [2.75, 3.05) is 13.1 Å². The van der Waals surface area contributed by atoms with E-state index in [4.69, 9.17) is 9.47 Å². The van der Waals surface area contributed by atoms with Gasteiger partial charge in [-0.15, -0.1) is 0 Å². The van der Waals surface area contributed by atoms with Crippen molar-refractivity contribution in [3.05, 3.63) is 70.3 Å². The Morgan fingerprint density at radius 3 is 2.38 bits per heavy atom. The quantitative estimate of drug-likeness (QED) is 0.505. The molecule has 0 radical (unpaired) electrons. The second-order valence-electron chi connectivity index (χ2n) is 9.90. The van der Waals surface area contributed by atoms with E-state index in [0.717, 1.165) is 12.1 Å². The lowest BCUT2D eigenvalue weighted by atomic mass is 10.1. The number of benzene rings is 1. The molecular formula is C25H28F3N5O4. The van der Waals surface area contributed by atoms with Crippen molar-refractivity contribution in [1.82, 2.24) is 24.5 Å². The molecule has 1 aromatic carbocycles. The second kappa shape index (κ2) is 10.0. The Morgan fingerprint density at radius 1 is 1.08 bits per heavy atom. The number of halogens is 3. The van der Waals surface area contributed by atoms with Gasteiger partial charge in [0.1, 0.15) is 11.6 Å². The third-order valence-corrected chi connectivity index (χ3v) is 5.77. The van der Waals surface area contributed by atoms with Crippen LogP contribution in [0, 0.1) is 0 Å². The molecule has 1 aliphatic rings. The van der Waals surface area contributed by atoms with Gasteiger partial charge in [-0.1, -0.05) is 12.1 Å². The lowest BCUT2D eigenvalue weighted by Crippen LogP contribution is -2.36. The third kappa shape index (κ3) is 6.37. The Hall–Kier alpha value is -3.67. The molecule has 1 aliphatic heterocycles. The summed E-state index contributed by atoms with van der Waals surface area (Å²) in [7, 11) is 1.76. The van der Waals surface area contributed by atoms with E-state index in [9.17, 15) is 22.8 Å². The molecule has 9 nitrogen and oxygen atoms in total. The Morgan fingerprint density at radius 2 is 1.78 bits per heavy atom. The van der Waals surface area contributed by atoms with Crippen LogP contribution < -0.4 is 5.56 Å². The Balaban J connectivity index is 1.59. The smallest absolute Gasteiger partial charge is 0.416 e. The van der Waals surface area contributed by atoms with E-state index in [1.165, 1.54) is 27.8 Å². The number of carbonyl (C=O) groups is 1. The van der Waals surface area contributed by atoms with Gasteiger partial charge in [0.2, 0.25) is 0 Å². The molecule has 0 bridgehead atoms. The summed E-state index contributed by atoms with van der Waals surface area (Å²) >= 11 is 0. The largest absolute Gasteiger partial charge is 0.444 e. The molecular weight excluding hydrogens is 491 g/mol. The normalized spacial score (nSPS) is 18.3. The van der Waals surface area contributed by atoms with Crippen molar-refractivity contribution in [2.45, 2.75) is 51.3 Å². The average molecular weight is 520 g/mol. The highest BCUT2D eigenvalue weighted by Crippen LogP contribution is 2.30. The van der Waals surface area contributed by atoms with Gasteiger partial charge in [0, 0.05) is 31.4 Å². The van der Waals surface area contributed by atoms with Crippen LogP contribution >= 0.6 is 0 Å². The topological polar surface area (TPSA) is 91.5 Å². The number of nitrogens with zero attached hydrogens (tertiary/aromatic N) is 5. The van der Waals surface area contributed by atoms with Crippen molar-refractivity contribution >= 4 is 6.09 Å². The van der Waals surface area contributed by atoms with E-state index in [0.29, 0.717) is 16.8 Å². The number of rotatable bonds is 5. The third-order valence-electron chi connectivity index (χ3n) is 5.77. The standard InChI is InChI=1S/C25H28F3N5O4/c1-24(2,3)37-23(35)32-13-20(33-22(34)10-9-19(30-33)17-11-29-31(4)12-17)21(14-32)36-15-16-5-7-18(8-6-16)25(26,27)28/h5-12,20-21H,13-15H2,1-4H3. The van der Waals surface area contributed by atoms with Gasteiger partial charge in [-0.2, -0.15) is 23.4 Å². The van der Waals surface area contributed by atoms with Crippen LogP contribution in [0.15, 0.2) is 53.6 Å². The number of aromatic nitrogens is 4. The van der Waals surface area contributed by atoms with Gasteiger partial charge in [-0.25, -0.2) is 9.48 Å². The fourth-order valence-electron chi connectivity index (χ4n) is 3.99. The van der Waals surface area contributed by atoms with E-state index < -0.39 is 35.6 Å². The maximum Gasteiger partial charge on any atom is 0.416 e. The van der Waals surface area contributed by atoms with Crippen LogP contribution in [0.1, 0.15) is 37.9 Å². The molecule has 2 atom stereocenters. The molecule has 37 heavy (non-hydrogen) atoms. The van der Waals surface area contributed by atoms with Crippen molar-refractivity contribution in [2.24, 2.45) is 7.05 Å². The van der Waals surface area contributed by atoms with Crippen molar-refractivity contribution in [3.8, 4) is 11.3 Å². The van der Waals surface area contributed by atoms with Gasteiger partial charge in [-0.3, -0.25) is 9.48 Å². The molecule has 3 heterocycles. The first-order chi connectivity index (χ1) is 17.3. The monoisotopic (exact) mass is 519 g/mol. The molecule has 1 amide bonds. The van der Waals surface area contributed by atoms with Crippen LogP contribution in [0.25, 0.3) is 11.3 Å². The zero-order valence-corrected chi connectivity index (χ0v) is 20.9. The molecule has 2 unspecified atom stereocenters. The predicted molar refractivity (Wildman–Crippen MR) is 128 cm³/mol. The van der Waals surface area contributed by atoms with Crippen LogP contribution in [-0.2, 0) is 29.3 Å². The number of hydrogen-bond acceptors (Lipinski definition) is 6. The fourth-order valence-corrected chi connectivity index (χ4v) is 3.99. The van der Waals surface area contributed by atoms with E-state index in [-0.39, 0.29) is 25.3 Å². The first-order valence-electron chi connectivity index (χ1n) is 11.6. The van der Waals surface area contributed by atoms with Gasteiger partial charge < -0.3 is 14.4 Å². The van der Waals surface area contributed by atoms with Gasteiger partial charge >= 0.3 is 12.3 Å². The molecule has 4 rings (SSSR count). The number of alkyl halides is 3. The molecule has 1 saturated heterocycles. The summed E-state index contributed by atoms with van der Waals surface area (Å²) in [5.74, 6) is 0. The maximum atomic E-state index is 12.9. The highest BCUT2D eigenvalue weighted by Gasteiger charge is 2.40. The summed E-state index contributed by atoms with van der Waals surface area (Å²) in [6, 6.07) is 6.98. The van der Waals surface area contributed by atoms with Crippen molar-refractivity contribution in [3.63, 3.8) is 0 Å². The summed E-state index contributed by atoms with van der Waals surface area (Å²) in [5, 5.41) is 8.65. The lowest BCUT2D eigenvalue weighted by Gasteiger charge is -2.24. The van der Waals surface area contributed by atoms with E-state index in [1.54, 1.807) is 51.0 Å². The maximum absolute atomic E-state index is 12.9. The zero-order valence-electron chi connectivity index (χ0n) is 20.9. The van der Waals surface area contributed by atoms with Crippen LogP contribution in [0.5, 0.6) is 0 Å². The first kappa shape index (κ1) is 26.4. The van der Waals surface area contributed by atoms with Gasteiger partial charge in [-0.05, 0) is 44.5 Å². The van der Waals surface area contributed by atoms with Gasteiger partial charge in [0.15, 0.2) is 0 Å². The summed E-state index contributed by atoms with van der Waals surface area (Å²) in [5.41, 5.74) is -0.112. The molecule has 198 valence electrons. The molecule has 0 N–H and O–H groups in total. The van der Waals surface area contributed by atoms with E-state index >= 15 is 0 Å².